The van der Waals surface area contributed by atoms with E-state index in [1.54, 1.807) is 19.2 Å². The number of non-ortho nitro benzene ring substituents is 1. The standard InChI is InChI=1S/C19H20N4O6/c1-28-16-8-5-13(11-17(16)29-2)9-10-20-18(24)19(25)22-21-12-14-3-6-15(7-4-14)23(26)27/h3-8,11-12H,9-10H2,1-2H3,(H,20,24)(H,22,25)/b21-12+. The second-order valence-electron chi connectivity index (χ2n) is 5.74. The fraction of sp³-hybridized carbons (Fsp3) is 0.211. The van der Waals surface area contributed by atoms with Crippen LogP contribution in [0.25, 0.3) is 0 Å². The Morgan fingerprint density at radius 3 is 2.38 bits per heavy atom. The van der Waals surface area contributed by atoms with Crippen molar-refractivity contribution < 1.29 is 24.0 Å². The van der Waals surface area contributed by atoms with Crippen molar-refractivity contribution >= 4 is 23.7 Å². The summed E-state index contributed by atoms with van der Waals surface area (Å²) in [5.74, 6) is -0.568. The van der Waals surface area contributed by atoms with Gasteiger partial charge in [0.15, 0.2) is 11.5 Å². The maximum atomic E-state index is 11.8. The third-order valence-electron chi connectivity index (χ3n) is 3.84. The van der Waals surface area contributed by atoms with Gasteiger partial charge in [-0.05, 0) is 41.8 Å². The first kappa shape index (κ1) is 21.4. The van der Waals surface area contributed by atoms with Crippen LogP contribution in [0, 0.1) is 10.1 Å². The van der Waals surface area contributed by atoms with Gasteiger partial charge in [-0.15, -0.1) is 0 Å². The number of benzene rings is 2. The van der Waals surface area contributed by atoms with Gasteiger partial charge in [-0.2, -0.15) is 5.10 Å². The normalized spacial score (nSPS) is 10.4. The number of hydrogen-bond donors (Lipinski definition) is 2. The van der Waals surface area contributed by atoms with Gasteiger partial charge < -0.3 is 14.8 Å². The number of rotatable bonds is 8. The van der Waals surface area contributed by atoms with Gasteiger partial charge in [0, 0.05) is 18.7 Å². The van der Waals surface area contributed by atoms with Crippen LogP contribution in [0.5, 0.6) is 11.5 Å². The SMILES string of the molecule is COc1ccc(CCNC(=O)C(=O)N/N=C/c2ccc([N+](=O)[O-])cc2)cc1OC. The number of carbonyl (C=O) groups is 2. The molecular formula is C19H20N4O6. The van der Waals surface area contributed by atoms with Gasteiger partial charge in [-0.3, -0.25) is 19.7 Å². The maximum Gasteiger partial charge on any atom is 0.329 e. The van der Waals surface area contributed by atoms with E-state index in [0.29, 0.717) is 23.5 Å². The summed E-state index contributed by atoms with van der Waals surface area (Å²) in [6.07, 6.45) is 1.77. The minimum atomic E-state index is -0.921. The zero-order chi connectivity index (χ0) is 21.2. The lowest BCUT2D eigenvalue weighted by Crippen LogP contribution is -2.38. The first-order valence-electron chi connectivity index (χ1n) is 8.51. The molecule has 29 heavy (non-hydrogen) atoms. The molecule has 10 heteroatoms. The Morgan fingerprint density at radius 1 is 1.07 bits per heavy atom. The van der Waals surface area contributed by atoms with Gasteiger partial charge >= 0.3 is 11.8 Å². The predicted octanol–water partition coefficient (Wildman–Crippen LogP) is 1.42. The molecule has 2 aromatic rings. The number of hydrazone groups is 1. The zero-order valence-electron chi connectivity index (χ0n) is 15.9. The average molecular weight is 400 g/mol. The van der Waals surface area contributed by atoms with E-state index < -0.39 is 16.7 Å². The highest BCUT2D eigenvalue weighted by Gasteiger charge is 2.12. The summed E-state index contributed by atoms with van der Waals surface area (Å²) in [5.41, 5.74) is 3.48. The van der Waals surface area contributed by atoms with E-state index in [-0.39, 0.29) is 12.2 Å². The Bertz CT molecular complexity index is 911. The smallest absolute Gasteiger partial charge is 0.329 e. The minimum absolute atomic E-state index is 0.0555. The topological polar surface area (TPSA) is 132 Å². The summed E-state index contributed by atoms with van der Waals surface area (Å²) in [7, 11) is 3.07. The number of nitro groups is 1. The molecule has 2 N–H and O–H groups in total. The first-order valence-corrected chi connectivity index (χ1v) is 8.51. The lowest BCUT2D eigenvalue weighted by molar-refractivity contribution is -0.384. The van der Waals surface area contributed by atoms with Crippen molar-refractivity contribution in [1.29, 1.82) is 0 Å². The van der Waals surface area contributed by atoms with E-state index >= 15 is 0 Å². The molecular weight excluding hydrogens is 380 g/mol. The number of ether oxygens (including phenoxy) is 2. The Hall–Kier alpha value is -3.95. The molecule has 0 aliphatic heterocycles. The number of nitrogens with one attached hydrogen (secondary N) is 2. The number of amides is 2. The van der Waals surface area contributed by atoms with Gasteiger partial charge in [0.25, 0.3) is 5.69 Å². The van der Waals surface area contributed by atoms with E-state index in [1.165, 1.54) is 37.6 Å². The van der Waals surface area contributed by atoms with Gasteiger partial charge in [-0.25, -0.2) is 5.43 Å². The summed E-state index contributed by atoms with van der Waals surface area (Å²) < 4.78 is 10.4. The monoisotopic (exact) mass is 400 g/mol. The van der Waals surface area contributed by atoms with Crippen LogP contribution in [-0.4, -0.2) is 43.7 Å². The number of nitrogens with zero attached hydrogens (tertiary/aromatic N) is 2. The molecule has 0 saturated carbocycles. The molecule has 10 nitrogen and oxygen atoms in total. The molecule has 0 atom stereocenters. The molecule has 0 unspecified atom stereocenters. The zero-order valence-corrected chi connectivity index (χ0v) is 15.9. The van der Waals surface area contributed by atoms with Crippen molar-refractivity contribution in [3.8, 4) is 11.5 Å². The fourth-order valence-corrected chi connectivity index (χ4v) is 2.34. The highest BCUT2D eigenvalue weighted by Crippen LogP contribution is 2.27. The molecule has 0 bridgehead atoms. The van der Waals surface area contributed by atoms with Crippen molar-refractivity contribution in [2.45, 2.75) is 6.42 Å². The van der Waals surface area contributed by atoms with E-state index in [9.17, 15) is 19.7 Å². The molecule has 2 amide bonds. The van der Waals surface area contributed by atoms with Gasteiger partial charge in [0.1, 0.15) is 0 Å². The Labute approximate surface area is 166 Å². The van der Waals surface area contributed by atoms with Crippen molar-refractivity contribution in [3.05, 3.63) is 63.7 Å². The molecule has 0 aliphatic rings. The molecule has 0 radical (unpaired) electrons. The van der Waals surface area contributed by atoms with Gasteiger partial charge in [0.2, 0.25) is 0 Å². The first-order chi connectivity index (χ1) is 13.9. The summed E-state index contributed by atoms with van der Waals surface area (Å²) >= 11 is 0. The quantitative estimate of drug-likeness (QED) is 0.298. The van der Waals surface area contributed by atoms with Crippen LogP contribution >= 0.6 is 0 Å². The lowest BCUT2D eigenvalue weighted by atomic mass is 10.1. The minimum Gasteiger partial charge on any atom is -0.493 e. The molecule has 152 valence electrons. The number of hydrogen-bond acceptors (Lipinski definition) is 7. The molecule has 0 spiro atoms. The predicted molar refractivity (Wildman–Crippen MR) is 105 cm³/mol. The molecule has 0 aliphatic carbocycles. The van der Waals surface area contributed by atoms with Crippen LogP contribution in [0.1, 0.15) is 11.1 Å². The summed E-state index contributed by atoms with van der Waals surface area (Å²) in [6, 6.07) is 10.9. The van der Waals surface area contributed by atoms with Crippen molar-refractivity contribution in [2.24, 2.45) is 5.10 Å². The maximum absolute atomic E-state index is 11.8. The molecule has 0 heterocycles. The van der Waals surface area contributed by atoms with Crippen LogP contribution in [0.15, 0.2) is 47.6 Å². The number of nitro benzene ring substituents is 1. The van der Waals surface area contributed by atoms with E-state index in [4.69, 9.17) is 9.47 Å². The molecule has 0 aromatic heterocycles. The summed E-state index contributed by atoms with van der Waals surface area (Å²) in [4.78, 5) is 33.6. The third-order valence-corrected chi connectivity index (χ3v) is 3.84. The third kappa shape index (κ3) is 6.31. The van der Waals surface area contributed by atoms with E-state index in [2.05, 4.69) is 15.8 Å². The van der Waals surface area contributed by atoms with Crippen molar-refractivity contribution in [3.63, 3.8) is 0 Å². The Morgan fingerprint density at radius 2 is 1.76 bits per heavy atom. The molecule has 0 fully saturated rings. The Balaban J connectivity index is 1.79. The molecule has 2 aromatic carbocycles. The summed E-state index contributed by atoms with van der Waals surface area (Å²) in [6.45, 7) is 0.244. The average Bonchev–Trinajstić information content (AvgIpc) is 2.73. The highest BCUT2D eigenvalue weighted by molar-refractivity contribution is 6.35. The van der Waals surface area contributed by atoms with Crippen LogP contribution in [0.2, 0.25) is 0 Å². The lowest BCUT2D eigenvalue weighted by Gasteiger charge is -2.09. The largest absolute Gasteiger partial charge is 0.493 e. The fourth-order valence-electron chi connectivity index (χ4n) is 2.34. The van der Waals surface area contributed by atoms with Gasteiger partial charge in [0.05, 0.1) is 25.4 Å². The Kier molecular flexibility index (Phi) is 7.66. The number of methoxy groups -OCH3 is 2. The van der Waals surface area contributed by atoms with Crippen molar-refractivity contribution in [1.82, 2.24) is 10.7 Å². The molecule has 0 saturated heterocycles. The van der Waals surface area contributed by atoms with Crippen LogP contribution < -0.4 is 20.2 Å². The van der Waals surface area contributed by atoms with Crippen LogP contribution in [-0.2, 0) is 16.0 Å². The van der Waals surface area contributed by atoms with Crippen LogP contribution in [0.3, 0.4) is 0 Å². The second-order valence-corrected chi connectivity index (χ2v) is 5.74. The second kappa shape index (κ2) is 10.4. The number of carbonyl (C=O) groups excluding carboxylic acids is 2. The van der Waals surface area contributed by atoms with Gasteiger partial charge in [-0.1, -0.05) is 6.07 Å². The molecule has 2 rings (SSSR count). The van der Waals surface area contributed by atoms with E-state index in [0.717, 1.165) is 5.56 Å². The van der Waals surface area contributed by atoms with Crippen LogP contribution in [0.4, 0.5) is 5.69 Å². The van der Waals surface area contributed by atoms with Crippen molar-refractivity contribution in [2.75, 3.05) is 20.8 Å². The van der Waals surface area contributed by atoms with E-state index in [1.807, 2.05) is 6.07 Å². The highest BCUT2D eigenvalue weighted by atomic mass is 16.6. The summed E-state index contributed by atoms with van der Waals surface area (Å²) in [5, 5.41) is 16.7.